The van der Waals surface area contributed by atoms with Gasteiger partial charge >= 0.3 is 0 Å². The van der Waals surface area contributed by atoms with Crippen LogP contribution in [0.3, 0.4) is 0 Å². The fraction of sp³-hybridized carbons (Fsp3) is 0.364. The minimum atomic E-state index is -0.450. The molecule has 0 aliphatic carbocycles. The van der Waals surface area contributed by atoms with Crippen molar-refractivity contribution in [1.82, 2.24) is 4.90 Å². The number of anilines is 1. The molecule has 3 aliphatic heterocycles. The third kappa shape index (κ3) is 2.44. The number of rotatable bonds is 1. The van der Waals surface area contributed by atoms with Crippen molar-refractivity contribution in [3.8, 4) is 0 Å². The maximum atomic E-state index is 13.1. The maximum absolute atomic E-state index is 13.1. The zero-order valence-electron chi connectivity index (χ0n) is 15.4. The summed E-state index contributed by atoms with van der Waals surface area (Å²) in [5.41, 5.74) is 2.97. The van der Waals surface area contributed by atoms with Crippen molar-refractivity contribution >= 4 is 29.3 Å². The number of likely N-dealkylation sites (tertiary alicyclic amines) is 1. The van der Waals surface area contributed by atoms with E-state index in [4.69, 9.17) is 0 Å². The Morgan fingerprint density at radius 3 is 2.56 bits per heavy atom. The second-order valence-corrected chi connectivity index (χ2v) is 8.95. The van der Waals surface area contributed by atoms with E-state index < -0.39 is 5.41 Å². The molecule has 1 unspecified atom stereocenters. The number of hydrogen-bond donors (Lipinski definition) is 0. The van der Waals surface area contributed by atoms with Gasteiger partial charge in [0.2, 0.25) is 11.8 Å². The number of likely N-dealkylation sites (N-methyl/N-ethyl adjacent to an activating group) is 1. The number of fused-ring (bicyclic) bond motifs is 3. The Balaban J connectivity index is 1.33. The van der Waals surface area contributed by atoms with Gasteiger partial charge in [0.05, 0.1) is 10.7 Å². The molecular formula is C22H22N2O2S. The minimum absolute atomic E-state index is 0.0225. The van der Waals surface area contributed by atoms with Gasteiger partial charge in [-0.2, -0.15) is 0 Å². The van der Waals surface area contributed by atoms with Gasteiger partial charge in [-0.15, -0.1) is 11.8 Å². The Hall–Kier alpha value is -2.27. The van der Waals surface area contributed by atoms with Gasteiger partial charge in [0.1, 0.15) is 0 Å². The molecule has 1 saturated heterocycles. The zero-order valence-corrected chi connectivity index (χ0v) is 16.2. The lowest BCUT2D eigenvalue weighted by molar-refractivity contribution is -0.135. The predicted molar refractivity (Wildman–Crippen MR) is 107 cm³/mol. The van der Waals surface area contributed by atoms with Gasteiger partial charge in [-0.3, -0.25) is 9.59 Å². The lowest BCUT2D eigenvalue weighted by Gasteiger charge is -2.39. The molecular weight excluding hydrogens is 356 g/mol. The fourth-order valence-electron chi connectivity index (χ4n) is 4.83. The molecule has 5 rings (SSSR count). The van der Waals surface area contributed by atoms with Crippen molar-refractivity contribution in [2.24, 2.45) is 0 Å². The zero-order chi connectivity index (χ0) is 18.6. The number of carbonyl (C=O) groups is 2. The molecule has 0 aromatic heterocycles. The summed E-state index contributed by atoms with van der Waals surface area (Å²) in [5.74, 6) is 0.400. The number of thioether (sulfide) groups is 1. The van der Waals surface area contributed by atoms with Crippen molar-refractivity contribution in [3.05, 3.63) is 59.7 Å². The van der Waals surface area contributed by atoms with Crippen LogP contribution in [0.4, 0.5) is 5.69 Å². The van der Waals surface area contributed by atoms with Gasteiger partial charge in [0.25, 0.3) is 0 Å². The standard InChI is InChI=1S/C22H22N2O2S/c1-23-17-8-4-3-7-16(17)22(21(23)26)10-12-24(13-11-22)20(25)19-14-15-6-2-5-9-18(15)27-19/h2-9,19H,10-14H2,1H3. The molecule has 0 N–H and O–H groups in total. The van der Waals surface area contributed by atoms with E-state index >= 15 is 0 Å². The second-order valence-electron chi connectivity index (χ2n) is 7.71. The number of piperidine rings is 1. The molecule has 1 fully saturated rings. The lowest BCUT2D eigenvalue weighted by atomic mass is 9.73. The molecule has 0 saturated carbocycles. The second kappa shape index (κ2) is 6.13. The van der Waals surface area contributed by atoms with Crippen LogP contribution in [0.15, 0.2) is 53.4 Å². The summed E-state index contributed by atoms with van der Waals surface area (Å²) in [6.45, 7) is 1.31. The van der Waals surface area contributed by atoms with Gasteiger partial charge < -0.3 is 9.80 Å². The van der Waals surface area contributed by atoms with E-state index in [1.165, 1.54) is 10.5 Å². The van der Waals surface area contributed by atoms with E-state index in [9.17, 15) is 9.59 Å². The van der Waals surface area contributed by atoms with Crippen LogP contribution in [0.1, 0.15) is 24.0 Å². The molecule has 3 aliphatic rings. The number of benzene rings is 2. The van der Waals surface area contributed by atoms with Crippen molar-refractivity contribution in [2.45, 2.75) is 34.8 Å². The molecule has 1 spiro atoms. The van der Waals surface area contributed by atoms with Gasteiger partial charge in [-0.05, 0) is 42.5 Å². The summed E-state index contributed by atoms with van der Waals surface area (Å²) < 4.78 is 0. The fourth-order valence-corrected chi connectivity index (χ4v) is 6.11. The molecule has 4 nitrogen and oxygen atoms in total. The Morgan fingerprint density at radius 1 is 1.07 bits per heavy atom. The Morgan fingerprint density at radius 2 is 1.78 bits per heavy atom. The Labute approximate surface area is 163 Å². The van der Waals surface area contributed by atoms with E-state index in [-0.39, 0.29) is 17.1 Å². The highest BCUT2D eigenvalue weighted by Gasteiger charge is 2.51. The molecule has 0 bridgehead atoms. The highest BCUT2D eigenvalue weighted by molar-refractivity contribution is 8.01. The minimum Gasteiger partial charge on any atom is -0.342 e. The van der Waals surface area contributed by atoms with Crippen LogP contribution in [0, 0.1) is 0 Å². The summed E-state index contributed by atoms with van der Waals surface area (Å²) in [7, 11) is 1.86. The first-order chi connectivity index (χ1) is 13.1. The van der Waals surface area contributed by atoms with Crippen LogP contribution in [0.25, 0.3) is 0 Å². The summed E-state index contributed by atoms with van der Waals surface area (Å²) in [6, 6.07) is 16.4. The molecule has 0 radical (unpaired) electrons. The molecule has 27 heavy (non-hydrogen) atoms. The SMILES string of the molecule is CN1C(=O)C2(CCN(C(=O)C3Cc4ccccc4S3)CC2)c2ccccc21. The number of hydrogen-bond acceptors (Lipinski definition) is 3. The lowest BCUT2D eigenvalue weighted by Crippen LogP contribution is -2.51. The largest absolute Gasteiger partial charge is 0.342 e. The molecule has 2 aromatic carbocycles. The molecule has 1 atom stereocenters. The predicted octanol–water partition coefficient (Wildman–Crippen LogP) is 3.24. The van der Waals surface area contributed by atoms with Gasteiger partial charge in [0, 0.05) is 30.7 Å². The highest BCUT2D eigenvalue weighted by Crippen LogP contribution is 2.47. The Kier molecular flexibility index (Phi) is 3.83. The van der Waals surface area contributed by atoms with E-state index in [1.54, 1.807) is 16.7 Å². The Bertz CT molecular complexity index is 908. The monoisotopic (exact) mass is 378 g/mol. The molecule has 138 valence electrons. The van der Waals surface area contributed by atoms with Crippen LogP contribution in [0.5, 0.6) is 0 Å². The van der Waals surface area contributed by atoms with Crippen LogP contribution < -0.4 is 4.90 Å². The summed E-state index contributed by atoms with van der Waals surface area (Å²) in [4.78, 5) is 31.1. The van der Waals surface area contributed by atoms with Crippen molar-refractivity contribution in [3.63, 3.8) is 0 Å². The molecule has 2 amide bonds. The first-order valence-electron chi connectivity index (χ1n) is 9.51. The third-order valence-electron chi connectivity index (χ3n) is 6.35. The van der Waals surface area contributed by atoms with Crippen molar-refractivity contribution in [2.75, 3.05) is 25.0 Å². The van der Waals surface area contributed by atoms with E-state index in [0.717, 1.165) is 17.7 Å². The molecule has 2 aromatic rings. The molecule has 3 heterocycles. The van der Waals surface area contributed by atoms with Gasteiger partial charge in [-0.1, -0.05) is 36.4 Å². The summed E-state index contributed by atoms with van der Waals surface area (Å²) in [6.07, 6.45) is 2.23. The summed E-state index contributed by atoms with van der Waals surface area (Å²) >= 11 is 1.68. The van der Waals surface area contributed by atoms with E-state index in [0.29, 0.717) is 25.9 Å². The number of para-hydroxylation sites is 1. The van der Waals surface area contributed by atoms with Crippen molar-refractivity contribution < 1.29 is 9.59 Å². The highest BCUT2D eigenvalue weighted by atomic mass is 32.2. The van der Waals surface area contributed by atoms with Crippen LogP contribution in [-0.2, 0) is 21.4 Å². The quantitative estimate of drug-likeness (QED) is 0.765. The first kappa shape index (κ1) is 16.9. The normalized spacial score (nSPS) is 22.9. The molecule has 5 heteroatoms. The van der Waals surface area contributed by atoms with Crippen LogP contribution >= 0.6 is 11.8 Å². The summed E-state index contributed by atoms with van der Waals surface area (Å²) in [5, 5.41) is -0.0225. The number of nitrogens with zero attached hydrogens (tertiary/aromatic N) is 2. The maximum Gasteiger partial charge on any atom is 0.237 e. The van der Waals surface area contributed by atoms with Gasteiger partial charge in [0.15, 0.2) is 0 Å². The smallest absolute Gasteiger partial charge is 0.237 e. The van der Waals surface area contributed by atoms with Gasteiger partial charge in [-0.25, -0.2) is 0 Å². The topological polar surface area (TPSA) is 40.6 Å². The van der Waals surface area contributed by atoms with Crippen molar-refractivity contribution in [1.29, 1.82) is 0 Å². The first-order valence-corrected chi connectivity index (χ1v) is 10.4. The van der Waals surface area contributed by atoms with Crippen LogP contribution in [-0.4, -0.2) is 42.1 Å². The average molecular weight is 378 g/mol. The van der Waals surface area contributed by atoms with Crippen LogP contribution in [0.2, 0.25) is 0 Å². The van der Waals surface area contributed by atoms with E-state index in [1.807, 2.05) is 42.3 Å². The van der Waals surface area contributed by atoms with E-state index in [2.05, 4.69) is 18.2 Å². The average Bonchev–Trinajstić information content (AvgIpc) is 3.23. The third-order valence-corrected chi connectivity index (χ3v) is 7.65. The number of carbonyl (C=O) groups excluding carboxylic acids is 2. The number of amides is 2.